The standard InChI is InChI=1S/C21H34N3O7P/c1-6-30-18(25)13-17(23-21(27)31-14-16-11-9-8-10-12-16)24(32(28,7-2)29-5)20(26)19(22)15(3)4/h8-12,15,17,19H,6-7,13-14,22H2,1-5H3,(H,23,27)/t17-,19-,32?/m0/s1. The van der Waals surface area contributed by atoms with Gasteiger partial charge in [-0.2, -0.15) is 0 Å². The van der Waals surface area contributed by atoms with Crippen molar-refractivity contribution in [2.24, 2.45) is 11.7 Å². The molecule has 1 rings (SSSR count). The Hall–Kier alpha value is -2.42. The topological polar surface area (TPSA) is 137 Å². The van der Waals surface area contributed by atoms with E-state index in [-0.39, 0.29) is 25.3 Å². The molecule has 3 N–H and O–H groups in total. The van der Waals surface area contributed by atoms with Crippen LogP contribution in [-0.2, 0) is 34.8 Å². The molecule has 1 unspecified atom stereocenters. The van der Waals surface area contributed by atoms with Crippen LogP contribution in [0.5, 0.6) is 0 Å². The lowest BCUT2D eigenvalue weighted by molar-refractivity contribution is -0.145. The zero-order valence-corrected chi connectivity index (χ0v) is 20.2. The van der Waals surface area contributed by atoms with Gasteiger partial charge in [0, 0.05) is 13.3 Å². The lowest BCUT2D eigenvalue weighted by Crippen LogP contribution is -2.55. The molecule has 3 atom stereocenters. The molecule has 0 fully saturated rings. The monoisotopic (exact) mass is 471 g/mol. The maximum atomic E-state index is 13.4. The van der Waals surface area contributed by atoms with Crippen LogP contribution in [0, 0.1) is 5.92 Å². The van der Waals surface area contributed by atoms with Crippen molar-refractivity contribution in [3.63, 3.8) is 0 Å². The van der Waals surface area contributed by atoms with Gasteiger partial charge in [0.2, 0.25) is 5.91 Å². The molecule has 180 valence electrons. The Morgan fingerprint density at radius 2 is 1.75 bits per heavy atom. The number of carbonyl (C=O) groups is 3. The molecule has 0 aliphatic carbocycles. The van der Waals surface area contributed by atoms with Gasteiger partial charge in [-0.05, 0) is 18.4 Å². The van der Waals surface area contributed by atoms with Gasteiger partial charge in [0.05, 0.1) is 19.1 Å². The van der Waals surface area contributed by atoms with Crippen molar-refractivity contribution in [1.29, 1.82) is 0 Å². The summed E-state index contributed by atoms with van der Waals surface area (Å²) in [6, 6.07) is 7.94. The summed E-state index contributed by atoms with van der Waals surface area (Å²) < 4.78 is 29.7. The van der Waals surface area contributed by atoms with E-state index in [1.54, 1.807) is 52.0 Å². The summed E-state index contributed by atoms with van der Waals surface area (Å²) in [5, 5.41) is 2.46. The molecule has 0 aliphatic rings. The maximum Gasteiger partial charge on any atom is 0.409 e. The van der Waals surface area contributed by atoms with Crippen LogP contribution in [0.2, 0.25) is 0 Å². The second kappa shape index (κ2) is 13.2. The number of ether oxygens (including phenoxy) is 2. The number of hydrogen-bond donors (Lipinski definition) is 2. The molecule has 0 heterocycles. The number of benzene rings is 1. The number of nitrogens with zero attached hydrogens (tertiary/aromatic N) is 1. The van der Waals surface area contributed by atoms with Crippen LogP contribution in [0.25, 0.3) is 0 Å². The molecule has 2 amide bonds. The second-order valence-corrected chi connectivity index (χ2v) is 10.0. The van der Waals surface area contributed by atoms with E-state index in [0.717, 1.165) is 10.2 Å². The fourth-order valence-electron chi connectivity index (χ4n) is 2.80. The smallest absolute Gasteiger partial charge is 0.409 e. The fourth-order valence-corrected chi connectivity index (χ4v) is 4.54. The Balaban J connectivity index is 3.22. The normalized spacial score (nSPS) is 14.7. The molecular weight excluding hydrogens is 437 g/mol. The van der Waals surface area contributed by atoms with E-state index in [0.29, 0.717) is 0 Å². The van der Waals surface area contributed by atoms with Gasteiger partial charge in [0.15, 0.2) is 0 Å². The molecule has 0 spiro atoms. The third kappa shape index (κ3) is 7.93. The highest BCUT2D eigenvalue weighted by Crippen LogP contribution is 2.51. The Labute approximate surface area is 189 Å². The Kier molecular flexibility index (Phi) is 11.4. The number of nitrogens with two attached hydrogens (primary N) is 1. The summed E-state index contributed by atoms with van der Waals surface area (Å²) in [5.74, 6) is -1.71. The number of rotatable bonds is 12. The molecule has 0 aliphatic heterocycles. The lowest BCUT2D eigenvalue weighted by Gasteiger charge is -2.37. The first-order valence-electron chi connectivity index (χ1n) is 10.5. The minimum absolute atomic E-state index is 0.0338. The minimum Gasteiger partial charge on any atom is -0.466 e. The van der Waals surface area contributed by atoms with E-state index >= 15 is 0 Å². The van der Waals surface area contributed by atoms with E-state index < -0.39 is 44.1 Å². The highest BCUT2D eigenvalue weighted by molar-refractivity contribution is 7.57. The predicted molar refractivity (Wildman–Crippen MR) is 120 cm³/mol. The number of hydrogen-bond acceptors (Lipinski definition) is 8. The van der Waals surface area contributed by atoms with Crippen LogP contribution in [0.1, 0.15) is 39.7 Å². The highest BCUT2D eigenvalue weighted by atomic mass is 31.2. The van der Waals surface area contributed by atoms with E-state index in [4.69, 9.17) is 19.7 Å². The second-order valence-electron chi connectivity index (χ2n) is 7.32. The van der Waals surface area contributed by atoms with Crippen molar-refractivity contribution in [3.05, 3.63) is 35.9 Å². The quantitative estimate of drug-likeness (QED) is 0.270. The van der Waals surface area contributed by atoms with Crippen LogP contribution >= 0.6 is 7.52 Å². The van der Waals surface area contributed by atoms with Gasteiger partial charge in [-0.15, -0.1) is 0 Å². The maximum absolute atomic E-state index is 13.4. The lowest BCUT2D eigenvalue weighted by atomic mass is 10.0. The Morgan fingerprint density at radius 1 is 1.12 bits per heavy atom. The van der Waals surface area contributed by atoms with Crippen molar-refractivity contribution in [2.45, 2.75) is 52.9 Å². The SMILES string of the molecule is CCOC(=O)C[C@@H](NC(=O)OCc1ccccc1)N(C(=O)[C@@H](N)C(C)C)P(=O)(CC)OC. The van der Waals surface area contributed by atoms with Crippen molar-refractivity contribution in [1.82, 2.24) is 9.99 Å². The average molecular weight is 471 g/mol. The minimum atomic E-state index is -3.78. The van der Waals surface area contributed by atoms with Crippen LogP contribution in [0.3, 0.4) is 0 Å². The molecule has 0 radical (unpaired) electrons. The summed E-state index contributed by atoms with van der Waals surface area (Å²) >= 11 is 0. The zero-order chi connectivity index (χ0) is 24.3. The first kappa shape index (κ1) is 27.6. The molecule has 0 bridgehead atoms. The van der Waals surface area contributed by atoms with Crippen LogP contribution in [0.4, 0.5) is 4.79 Å². The summed E-state index contributed by atoms with van der Waals surface area (Å²) in [6.07, 6.45) is -2.77. The fraction of sp³-hybridized carbons (Fsp3) is 0.571. The van der Waals surface area contributed by atoms with E-state index in [1.807, 2.05) is 6.07 Å². The number of carbonyl (C=O) groups excluding carboxylic acids is 3. The highest BCUT2D eigenvalue weighted by Gasteiger charge is 2.43. The number of esters is 1. The average Bonchev–Trinajstić information content (AvgIpc) is 2.77. The summed E-state index contributed by atoms with van der Waals surface area (Å²) in [5.41, 5.74) is 6.78. The van der Waals surface area contributed by atoms with E-state index in [2.05, 4.69) is 5.32 Å². The van der Waals surface area contributed by atoms with E-state index in [1.165, 1.54) is 7.11 Å². The first-order valence-corrected chi connectivity index (χ1v) is 12.2. The van der Waals surface area contributed by atoms with Gasteiger partial charge >= 0.3 is 12.1 Å². The van der Waals surface area contributed by atoms with Crippen molar-refractivity contribution >= 4 is 25.5 Å². The van der Waals surface area contributed by atoms with Gasteiger partial charge < -0.3 is 25.0 Å². The number of amides is 2. The predicted octanol–water partition coefficient (Wildman–Crippen LogP) is 2.86. The molecule has 0 aromatic heterocycles. The van der Waals surface area contributed by atoms with Crippen LogP contribution in [0.15, 0.2) is 30.3 Å². The summed E-state index contributed by atoms with van der Waals surface area (Å²) in [7, 11) is -2.58. The number of nitrogens with one attached hydrogen (secondary N) is 1. The van der Waals surface area contributed by atoms with Crippen molar-refractivity contribution < 1.29 is 32.9 Å². The van der Waals surface area contributed by atoms with Gasteiger partial charge in [-0.3, -0.25) is 14.2 Å². The molecule has 32 heavy (non-hydrogen) atoms. The molecule has 1 aromatic rings. The van der Waals surface area contributed by atoms with Crippen LogP contribution in [-0.4, -0.2) is 54.7 Å². The van der Waals surface area contributed by atoms with E-state index in [9.17, 15) is 18.9 Å². The largest absolute Gasteiger partial charge is 0.466 e. The first-order chi connectivity index (χ1) is 15.1. The van der Waals surface area contributed by atoms with Gasteiger partial charge in [-0.25, -0.2) is 9.46 Å². The molecule has 11 heteroatoms. The van der Waals surface area contributed by atoms with Crippen molar-refractivity contribution in [2.75, 3.05) is 19.9 Å². The van der Waals surface area contributed by atoms with Gasteiger partial charge in [-0.1, -0.05) is 51.1 Å². The summed E-state index contributed by atoms with van der Waals surface area (Å²) in [6.45, 7) is 6.71. The Bertz CT molecular complexity index is 796. The van der Waals surface area contributed by atoms with Gasteiger partial charge in [0.25, 0.3) is 7.52 Å². The summed E-state index contributed by atoms with van der Waals surface area (Å²) in [4.78, 5) is 37.9. The molecule has 10 nitrogen and oxygen atoms in total. The zero-order valence-electron chi connectivity index (χ0n) is 19.3. The molecular formula is C21H34N3O7P. The molecule has 1 aromatic carbocycles. The van der Waals surface area contributed by atoms with Crippen molar-refractivity contribution in [3.8, 4) is 0 Å². The molecule has 0 saturated carbocycles. The Morgan fingerprint density at radius 3 is 2.25 bits per heavy atom. The van der Waals surface area contributed by atoms with Gasteiger partial charge in [0.1, 0.15) is 12.8 Å². The third-order valence-corrected chi connectivity index (χ3v) is 7.20. The number of alkyl carbamates (subject to hydrolysis) is 1. The van der Waals surface area contributed by atoms with Crippen LogP contribution < -0.4 is 11.1 Å². The third-order valence-electron chi connectivity index (χ3n) is 4.70. The molecule has 0 saturated heterocycles.